The second-order valence-corrected chi connectivity index (χ2v) is 4.51. The number of hydrogen-bond donors (Lipinski definition) is 2. The van der Waals surface area contributed by atoms with E-state index in [4.69, 9.17) is 10.5 Å². The summed E-state index contributed by atoms with van der Waals surface area (Å²) in [5.74, 6) is 0.349. The summed E-state index contributed by atoms with van der Waals surface area (Å²) in [5, 5.41) is 17.3. The highest BCUT2D eigenvalue weighted by molar-refractivity contribution is 14.0. The van der Waals surface area contributed by atoms with Gasteiger partial charge in [0.2, 0.25) is 0 Å². The molecule has 0 aliphatic carbocycles. The summed E-state index contributed by atoms with van der Waals surface area (Å²) in [6.07, 6.45) is 4.86. The van der Waals surface area contributed by atoms with Crippen molar-refractivity contribution < 1.29 is 9.66 Å². The van der Waals surface area contributed by atoms with E-state index in [9.17, 15) is 10.1 Å². The molecule has 0 saturated carbocycles. The van der Waals surface area contributed by atoms with Crippen LogP contribution in [-0.4, -0.2) is 46.5 Å². The molecule has 1 saturated heterocycles. The minimum atomic E-state index is -0.478. The number of nitrogens with one attached hydrogen (secondary N) is 1. The molecule has 1 fully saturated rings. The second-order valence-electron chi connectivity index (χ2n) is 4.51. The molecular formula is C11H19IN6O3. The molecular weight excluding hydrogens is 391 g/mol. The van der Waals surface area contributed by atoms with Gasteiger partial charge in [-0.2, -0.15) is 5.10 Å². The van der Waals surface area contributed by atoms with E-state index >= 15 is 0 Å². The van der Waals surface area contributed by atoms with Crippen LogP contribution in [0.4, 0.5) is 5.69 Å². The lowest BCUT2D eigenvalue weighted by atomic mass is 10.2. The summed E-state index contributed by atoms with van der Waals surface area (Å²) in [6.45, 7) is 2.33. The zero-order chi connectivity index (χ0) is 14.4. The predicted octanol–water partition coefficient (Wildman–Crippen LogP) is 0.493. The van der Waals surface area contributed by atoms with E-state index in [1.165, 1.54) is 17.1 Å². The molecule has 0 aromatic carbocycles. The zero-order valence-electron chi connectivity index (χ0n) is 11.5. The van der Waals surface area contributed by atoms with Gasteiger partial charge in [0.1, 0.15) is 12.4 Å². The molecule has 0 radical (unpaired) electrons. The molecule has 9 nitrogen and oxygen atoms in total. The minimum absolute atomic E-state index is 0. The molecule has 1 aliphatic heterocycles. The molecule has 1 atom stereocenters. The number of nitro groups is 1. The van der Waals surface area contributed by atoms with Crippen molar-refractivity contribution in [2.45, 2.75) is 25.5 Å². The number of aromatic nitrogens is 2. The number of guanidine groups is 1. The van der Waals surface area contributed by atoms with Crippen molar-refractivity contribution in [2.75, 3.05) is 19.7 Å². The monoisotopic (exact) mass is 410 g/mol. The smallest absolute Gasteiger partial charge is 0.306 e. The Morgan fingerprint density at radius 3 is 3.14 bits per heavy atom. The molecule has 3 N–H and O–H groups in total. The Labute approximate surface area is 139 Å². The molecule has 1 unspecified atom stereocenters. The lowest BCUT2D eigenvalue weighted by Gasteiger charge is -2.08. The highest BCUT2D eigenvalue weighted by atomic mass is 127. The highest BCUT2D eigenvalue weighted by Crippen LogP contribution is 2.11. The maximum atomic E-state index is 10.5. The third kappa shape index (κ3) is 5.83. The summed E-state index contributed by atoms with van der Waals surface area (Å²) in [6, 6.07) is 0. The highest BCUT2D eigenvalue weighted by Gasteiger charge is 2.14. The number of hydrogen-bond acceptors (Lipinski definition) is 5. The number of rotatable bonds is 6. The maximum Gasteiger partial charge on any atom is 0.306 e. The van der Waals surface area contributed by atoms with Gasteiger partial charge >= 0.3 is 5.69 Å². The Balaban J connectivity index is 0.00000220. The van der Waals surface area contributed by atoms with Crippen LogP contribution in [0.5, 0.6) is 0 Å². The maximum absolute atomic E-state index is 10.5. The van der Waals surface area contributed by atoms with E-state index in [0.717, 1.165) is 19.4 Å². The standard InChI is InChI=1S/C11H18N6O3.HI/c12-11(14-7-10-2-1-5-20-10)13-3-4-16-8-9(6-15-16)17(18)19;/h6,8,10H,1-5,7H2,(H3,12,13,14);1H. The van der Waals surface area contributed by atoms with Gasteiger partial charge in [0, 0.05) is 13.2 Å². The number of nitrogens with two attached hydrogens (primary N) is 1. The van der Waals surface area contributed by atoms with Crippen LogP contribution in [0.1, 0.15) is 12.8 Å². The van der Waals surface area contributed by atoms with Gasteiger partial charge in [-0.15, -0.1) is 24.0 Å². The quantitative estimate of drug-likeness (QED) is 0.232. The van der Waals surface area contributed by atoms with E-state index in [1.807, 2.05) is 0 Å². The summed E-state index contributed by atoms with van der Waals surface area (Å²) in [5.41, 5.74) is 5.69. The summed E-state index contributed by atoms with van der Waals surface area (Å²) < 4.78 is 6.92. The fourth-order valence-electron chi connectivity index (χ4n) is 1.91. The van der Waals surface area contributed by atoms with E-state index in [-0.39, 0.29) is 35.8 Å². The molecule has 2 heterocycles. The van der Waals surface area contributed by atoms with Crippen molar-refractivity contribution in [3.63, 3.8) is 0 Å². The molecule has 1 aromatic heterocycles. The first-order valence-corrected chi connectivity index (χ1v) is 6.47. The molecule has 2 rings (SSSR count). The van der Waals surface area contributed by atoms with Gasteiger partial charge in [0.25, 0.3) is 0 Å². The van der Waals surface area contributed by atoms with Crippen molar-refractivity contribution in [3.8, 4) is 0 Å². The number of halogens is 1. The van der Waals surface area contributed by atoms with Crippen molar-refractivity contribution >= 4 is 35.6 Å². The fraction of sp³-hybridized carbons (Fsp3) is 0.636. The number of nitrogens with zero attached hydrogens (tertiary/aromatic N) is 4. The zero-order valence-corrected chi connectivity index (χ0v) is 13.8. The van der Waals surface area contributed by atoms with Crippen molar-refractivity contribution in [3.05, 3.63) is 22.5 Å². The number of aliphatic imine (C=N–C) groups is 1. The Bertz CT molecular complexity index is 486. The van der Waals surface area contributed by atoms with Gasteiger partial charge in [-0.05, 0) is 12.8 Å². The summed E-state index contributed by atoms with van der Waals surface area (Å²) >= 11 is 0. The van der Waals surface area contributed by atoms with Crippen molar-refractivity contribution in [2.24, 2.45) is 10.7 Å². The van der Waals surface area contributed by atoms with Crippen LogP contribution in [0, 0.1) is 10.1 Å². The van der Waals surface area contributed by atoms with Gasteiger partial charge < -0.3 is 15.8 Å². The van der Waals surface area contributed by atoms with Crippen LogP contribution in [0.15, 0.2) is 17.4 Å². The van der Waals surface area contributed by atoms with E-state index in [0.29, 0.717) is 25.6 Å². The van der Waals surface area contributed by atoms with Crippen LogP contribution >= 0.6 is 24.0 Å². The Kier molecular flexibility index (Phi) is 7.36. The second kappa shape index (κ2) is 8.77. The van der Waals surface area contributed by atoms with Crippen LogP contribution in [0.2, 0.25) is 0 Å². The van der Waals surface area contributed by atoms with Gasteiger partial charge in [0.15, 0.2) is 5.96 Å². The summed E-state index contributed by atoms with van der Waals surface area (Å²) in [4.78, 5) is 14.2. The van der Waals surface area contributed by atoms with Crippen LogP contribution in [0.3, 0.4) is 0 Å². The average molecular weight is 410 g/mol. The normalized spacial score (nSPS) is 18.3. The SMILES string of the molecule is I.NC(=NCC1CCCO1)NCCn1cc([N+](=O)[O-])cn1. The molecule has 0 amide bonds. The van der Waals surface area contributed by atoms with E-state index in [2.05, 4.69) is 15.4 Å². The van der Waals surface area contributed by atoms with E-state index < -0.39 is 4.92 Å². The average Bonchev–Trinajstić information content (AvgIpc) is 3.07. The van der Waals surface area contributed by atoms with Crippen molar-refractivity contribution in [1.29, 1.82) is 0 Å². The van der Waals surface area contributed by atoms with Gasteiger partial charge in [0.05, 0.1) is 24.1 Å². The number of ether oxygens (including phenoxy) is 1. The molecule has 21 heavy (non-hydrogen) atoms. The first-order chi connectivity index (χ1) is 9.65. The lowest BCUT2D eigenvalue weighted by molar-refractivity contribution is -0.385. The molecule has 1 aliphatic rings. The van der Waals surface area contributed by atoms with Crippen LogP contribution in [0.25, 0.3) is 0 Å². The van der Waals surface area contributed by atoms with E-state index in [1.54, 1.807) is 0 Å². The first kappa shape index (κ1) is 17.6. The Morgan fingerprint density at radius 1 is 1.71 bits per heavy atom. The largest absolute Gasteiger partial charge is 0.376 e. The first-order valence-electron chi connectivity index (χ1n) is 6.47. The van der Waals surface area contributed by atoms with Crippen LogP contribution < -0.4 is 11.1 Å². The predicted molar refractivity (Wildman–Crippen MR) is 87.8 cm³/mol. The van der Waals surface area contributed by atoms with Gasteiger partial charge in [-0.1, -0.05) is 0 Å². The lowest BCUT2D eigenvalue weighted by Crippen LogP contribution is -2.35. The molecule has 118 valence electrons. The third-order valence-corrected chi connectivity index (χ3v) is 2.97. The third-order valence-electron chi connectivity index (χ3n) is 2.97. The van der Waals surface area contributed by atoms with Crippen molar-refractivity contribution in [1.82, 2.24) is 15.1 Å². The van der Waals surface area contributed by atoms with Gasteiger partial charge in [-0.25, -0.2) is 0 Å². The molecule has 0 spiro atoms. The molecule has 1 aromatic rings. The fourth-order valence-corrected chi connectivity index (χ4v) is 1.91. The Hall–Kier alpha value is -1.43. The minimum Gasteiger partial charge on any atom is -0.376 e. The molecule has 0 bridgehead atoms. The topological polar surface area (TPSA) is 121 Å². The Morgan fingerprint density at radius 2 is 2.52 bits per heavy atom. The molecule has 10 heteroatoms. The summed E-state index contributed by atoms with van der Waals surface area (Å²) in [7, 11) is 0. The van der Waals surface area contributed by atoms with Gasteiger partial charge in [-0.3, -0.25) is 19.8 Å². The van der Waals surface area contributed by atoms with Crippen LogP contribution in [-0.2, 0) is 11.3 Å².